The van der Waals surface area contributed by atoms with Crippen molar-refractivity contribution in [2.75, 3.05) is 0 Å². The molecule has 0 N–H and O–H groups in total. The van der Waals surface area contributed by atoms with E-state index in [-0.39, 0.29) is 12.2 Å². The van der Waals surface area contributed by atoms with Crippen molar-refractivity contribution in [1.82, 2.24) is 24.5 Å². The van der Waals surface area contributed by atoms with Gasteiger partial charge < -0.3 is 4.74 Å². The van der Waals surface area contributed by atoms with E-state index in [1.807, 2.05) is 34.4 Å². The first-order valence-corrected chi connectivity index (χ1v) is 9.78. The molecule has 0 unspecified atom stereocenters. The molecule has 3 heterocycles. The summed E-state index contributed by atoms with van der Waals surface area (Å²) < 4.78 is 45.1. The summed E-state index contributed by atoms with van der Waals surface area (Å²) in [5, 5.41) is 8.28. The number of imidazole rings is 1. The average molecular weight is 435 g/mol. The Hall–Kier alpha value is -4.06. The predicted octanol–water partition coefficient (Wildman–Crippen LogP) is 4.16. The normalized spacial score (nSPS) is 12.1. The summed E-state index contributed by atoms with van der Waals surface area (Å²) in [7, 11) is 0. The number of halogens is 3. The Kier molecular flexibility index (Phi) is 4.70. The number of hydrogen-bond donors (Lipinski definition) is 0. The molecule has 0 fully saturated rings. The van der Waals surface area contributed by atoms with E-state index < -0.39 is 6.36 Å². The van der Waals surface area contributed by atoms with E-state index in [9.17, 15) is 13.2 Å². The van der Waals surface area contributed by atoms with E-state index in [1.54, 1.807) is 18.6 Å². The number of nitrogens with zero attached hydrogens (tertiary/aromatic N) is 5. The predicted molar refractivity (Wildman–Crippen MR) is 110 cm³/mol. The van der Waals surface area contributed by atoms with Crippen LogP contribution in [0, 0.1) is 18.8 Å². The smallest absolute Gasteiger partial charge is 0.406 e. The molecule has 0 atom stereocenters. The van der Waals surface area contributed by atoms with Crippen LogP contribution in [0.3, 0.4) is 0 Å². The lowest BCUT2D eigenvalue weighted by Gasteiger charge is -2.10. The number of hydrogen-bond acceptors (Lipinski definition) is 4. The molecule has 160 valence electrons. The Morgan fingerprint density at radius 1 is 1.12 bits per heavy atom. The molecule has 2 aromatic heterocycles. The number of fused-ring (bicyclic) bond motifs is 5. The van der Waals surface area contributed by atoms with Crippen LogP contribution in [0.25, 0.3) is 11.4 Å². The van der Waals surface area contributed by atoms with E-state index in [0.29, 0.717) is 17.7 Å². The highest BCUT2D eigenvalue weighted by molar-refractivity contribution is 5.58. The van der Waals surface area contributed by atoms with Gasteiger partial charge in [-0.3, -0.25) is 4.57 Å². The second-order valence-corrected chi connectivity index (χ2v) is 7.39. The van der Waals surface area contributed by atoms with E-state index in [2.05, 4.69) is 31.9 Å². The minimum absolute atomic E-state index is 0.261. The van der Waals surface area contributed by atoms with Gasteiger partial charge in [0.05, 0.1) is 29.0 Å². The quantitative estimate of drug-likeness (QED) is 0.391. The summed E-state index contributed by atoms with van der Waals surface area (Å²) in [6.07, 6.45) is -0.478. The lowest BCUT2D eigenvalue weighted by Crippen LogP contribution is -2.17. The van der Waals surface area contributed by atoms with Gasteiger partial charge in [0.15, 0.2) is 0 Å². The number of rotatable bonds is 2. The number of aromatic nitrogens is 5. The monoisotopic (exact) mass is 435 g/mol. The lowest BCUT2D eigenvalue weighted by molar-refractivity contribution is -0.274. The maximum Gasteiger partial charge on any atom is 0.573 e. The molecule has 1 aliphatic heterocycles. The van der Waals surface area contributed by atoms with Gasteiger partial charge in [0, 0.05) is 12.8 Å². The fourth-order valence-corrected chi connectivity index (χ4v) is 3.70. The molecule has 4 aromatic rings. The minimum atomic E-state index is -4.73. The molecule has 9 heteroatoms. The zero-order chi connectivity index (χ0) is 22.3. The third-order valence-electron chi connectivity index (χ3n) is 5.08. The molecule has 0 saturated heterocycles. The lowest BCUT2D eigenvalue weighted by atomic mass is 10.1. The van der Waals surface area contributed by atoms with Crippen LogP contribution in [0.5, 0.6) is 5.75 Å². The molecule has 32 heavy (non-hydrogen) atoms. The highest BCUT2D eigenvalue weighted by Gasteiger charge is 2.31. The first-order valence-electron chi connectivity index (χ1n) is 9.78. The summed E-state index contributed by atoms with van der Waals surface area (Å²) >= 11 is 0. The van der Waals surface area contributed by atoms with Crippen LogP contribution in [0.1, 0.15) is 28.2 Å². The first-order chi connectivity index (χ1) is 15.4. The Balaban J connectivity index is 1.46. The molecule has 0 amide bonds. The second kappa shape index (κ2) is 7.57. The summed E-state index contributed by atoms with van der Waals surface area (Å²) in [6.45, 7) is 2.02. The molecule has 0 radical (unpaired) electrons. The number of aryl methyl sites for hydroxylation is 1. The van der Waals surface area contributed by atoms with Crippen molar-refractivity contribution in [1.29, 1.82) is 0 Å². The van der Waals surface area contributed by atoms with Gasteiger partial charge in [-0.25, -0.2) is 9.67 Å². The molecule has 6 nitrogen and oxygen atoms in total. The molecule has 2 aromatic carbocycles. The molecule has 0 saturated carbocycles. The zero-order valence-electron chi connectivity index (χ0n) is 16.9. The fraction of sp³-hybridized carbons (Fsp3) is 0.174. The van der Waals surface area contributed by atoms with Crippen LogP contribution < -0.4 is 4.74 Å². The Labute approximate surface area is 181 Å². The summed E-state index contributed by atoms with van der Waals surface area (Å²) in [6, 6.07) is 11.9. The van der Waals surface area contributed by atoms with Crippen molar-refractivity contribution in [2.24, 2.45) is 0 Å². The topological polar surface area (TPSA) is 57.8 Å². The van der Waals surface area contributed by atoms with Gasteiger partial charge in [-0.2, -0.15) is 0 Å². The van der Waals surface area contributed by atoms with Gasteiger partial charge in [-0.1, -0.05) is 29.3 Å². The molecule has 0 aliphatic carbocycles. The van der Waals surface area contributed by atoms with Crippen molar-refractivity contribution in [3.8, 4) is 29.0 Å². The molecular weight excluding hydrogens is 419 g/mol. The third-order valence-corrected chi connectivity index (χ3v) is 5.08. The van der Waals surface area contributed by atoms with Gasteiger partial charge in [0.1, 0.15) is 17.8 Å². The number of ether oxygens (including phenoxy) is 1. The highest BCUT2D eigenvalue weighted by Crippen LogP contribution is 2.29. The summed E-state index contributed by atoms with van der Waals surface area (Å²) in [4.78, 5) is 4.48. The Bertz CT molecular complexity index is 1370. The Morgan fingerprint density at radius 3 is 2.84 bits per heavy atom. The second-order valence-electron chi connectivity index (χ2n) is 7.39. The molecule has 1 aliphatic rings. The van der Waals surface area contributed by atoms with Gasteiger partial charge in [0.2, 0.25) is 0 Å². The van der Waals surface area contributed by atoms with Crippen LogP contribution in [-0.2, 0) is 12.8 Å². The first kappa shape index (κ1) is 19.9. The number of alkyl halides is 3. The Morgan fingerprint density at radius 2 is 2.00 bits per heavy atom. The standard InChI is InChI=1S/C23H16F3N5O/c1-15-8-9-20-22(10-15)31-17(13-28-29-31)12-21-19(27-14-30(20)21)7-3-5-16-4-2-6-18(11-16)32-23(24,25)26/h2,4,6,8-11,13-14H,5,12H2,1H3. The van der Waals surface area contributed by atoms with Crippen LogP contribution in [0.15, 0.2) is 55.0 Å². The van der Waals surface area contributed by atoms with E-state index in [0.717, 1.165) is 28.3 Å². The van der Waals surface area contributed by atoms with Gasteiger partial charge in [-0.05, 0) is 48.2 Å². The largest absolute Gasteiger partial charge is 0.573 e. The molecule has 0 bridgehead atoms. The maximum absolute atomic E-state index is 12.4. The van der Waals surface area contributed by atoms with Gasteiger partial charge in [-0.15, -0.1) is 18.3 Å². The maximum atomic E-state index is 12.4. The third kappa shape index (κ3) is 3.83. The SMILES string of the molecule is Cc1ccc2c(c1)-n1nncc1Cc1c(C#CCc3cccc(OC(F)(F)F)c3)ncn1-2. The molecular formula is C23H16F3N5O. The molecule has 0 spiro atoms. The highest BCUT2D eigenvalue weighted by atomic mass is 19.4. The van der Waals surface area contributed by atoms with Crippen molar-refractivity contribution in [2.45, 2.75) is 26.1 Å². The van der Waals surface area contributed by atoms with Crippen LogP contribution in [0.4, 0.5) is 13.2 Å². The van der Waals surface area contributed by atoms with Crippen LogP contribution >= 0.6 is 0 Å². The van der Waals surface area contributed by atoms with Crippen molar-refractivity contribution >= 4 is 0 Å². The van der Waals surface area contributed by atoms with E-state index in [1.165, 1.54) is 18.2 Å². The molecule has 5 rings (SSSR count). The summed E-state index contributed by atoms with van der Waals surface area (Å²) in [5.41, 5.74) is 5.98. The summed E-state index contributed by atoms with van der Waals surface area (Å²) in [5.74, 6) is 5.82. The van der Waals surface area contributed by atoms with Gasteiger partial charge in [0.25, 0.3) is 0 Å². The van der Waals surface area contributed by atoms with E-state index in [4.69, 9.17) is 0 Å². The van der Waals surface area contributed by atoms with Crippen LogP contribution in [-0.4, -0.2) is 30.9 Å². The van der Waals surface area contributed by atoms with E-state index >= 15 is 0 Å². The van der Waals surface area contributed by atoms with Crippen molar-refractivity contribution in [3.63, 3.8) is 0 Å². The van der Waals surface area contributed by atoms with Crippen LogP contribution in [0.2, 0.25) is 0 Å². The van der Waals surface area contributed by atoms with Crippen molar-refractivity contribution < 1.29 is 17.9 Å². The average Bonchev–Trinajstić information content (AvgIpc) is 3.32. The number of benzene rings is 2. The fourth-order valence-electron chi connectivity index (χ4n) is 3.70. The zero-order valence-corrected chi connectivity index (χ0v) is 16.9. The van der Waals surface area contributed by atoms with Gasteiger partial charge >= 0.3 is 6.36 Å². The van der Waals surface area contributed by atoms with Crippen molar-refractivity contribution in [3.05, 3.63) is 83.2 Å². The minimum Gasteiger partial charge on any atom is -0.406 e.